The first kappa shape index (κ1) is 11.1. The fourth-order valence-corrected chi connectivity index (χ4v) is 2.22. The highest BCUT2D eigenvalue weighted by Crippen LogP contribution is 2.10. The van der Waals surface area contributed by atoms with E-state index in [0.717, 1.165) is 37.2 Å². The number of aryl methyl sites for hydroxylation is 1. The molecule has 3 rings (SSSR count). The summed E-state index contributed by atoms with van der Waals surface area (Å²) in [6.45, 7) is 1.09. The maximum Gasteiger partial charge on any atom is 0.346 e. The first-order chi connectivity index (χ1) is 8.74. The topological polar surface area (TPSA) is 52.7 Å². The van der Waals surface area contributed by atoms with Gasteiger partial charge in [0.2, 0.25) is 5.95 Å². The van der Waals surface area contributed by atoms with E-state index in [-0.39, 0.29) is 5.69 Å². The highest BCUT2D eigenvalue weighted by molar-refractivity contribution is 5.09. The Labute approximate surface area is 103 Å². The SMILES string of the molecule is O=c1n(Cc2ccc(F)nc2)nc2n1CCCC2. The molecule has 3 heterocycles. The molecule has 0 amide bonds. The lowest BCUT2D eigenvalue weighted by atomic mass is 10.2. The van der Waals surface area contributed by atoms with Gasteiger partial charge in [-0.25, -0.2) is 14.5 Å². The summed E-state index contributed by atoms with van der Waals surface area (Å²) in [5.41, 5.74) is 0.683. The van der Waals surface area contributed by atoms with E-state index in [9.17, 15) is 9.18 Å². The molecule has 0 aromatic carbocycles. The molecule has 1 aliphatic heterocycles. The molecule has 0 fully saturated rings. The van der Waals surface area contributed by atoms with Gasteiger partial charge in [0.15, 0.2) is 0 Å². The zero-order valence-electron chi connectivity index (χ0n) is 9.84. The molecule has 5 nitrogen and oxygen atoms in total. The van der Waals surface area contributed by atoms with Crippen molar-refractivity contribution in [3.05, 3.63) is 46.1 Å². The number of halogens is 1. The van der Waals surface area contributed by atoms with Crippen LogP contribution >= 0.6 is 0 Å². The summed E-state index contributed by atoms with van der Waals surface area (Å²) < 4.78 is 15.8. The smallest absolute Gasteiger partial charge is 0.279 e. The van der Waals surface area contributed by atoms with Crippen LogP contribution in [0.25, 0.3) is 0 Å². The summed E-state index contributed by atoms with van der Waals surface area (Å²) in [5.74, 6) is 0.330. The second-order valence-electron chi connectivity index (χ2n) is 4.45. The standard InChI is InChI=1S/C12H13FN4O/c13-10-5-4-9(7-14-10)8-17-12(18)16-6-2-1-3-11(16)15-17/h4-5,7H,1-3,6,8H2. The van der Waals surface area contributed by atoms with E-state index < -0.39 is 5.95 Å². The van der Waals surface area contributed by atoms with E-state index in [4.69, 9.17) is 0 Å². The lowest BCUT2D eigenvalue weighted by Gasteiger charge is -2.09. The first-order valence-electron chi connectivity index (χ1n) is 6.01. The summed E-state index contributed by atoms with van der Waals surface area (Å²) in [5, 5.41) is 4.31. The fourth-order valence-electron chi connectivity index (χ4n) is 2.22. The lowest BCUT2D eigenvalue weighted by molar-refractivity contribution is 0.511. The van der Waals surface area contributed by atoms with Crippen LogP contribution in [0.2, 0.25) is 0 Å². The fraction of sp³-hybridized carbons (Fsp3) is 0.417. The molecular formula is C12H13FN4O. The average molecular weight is 248 g/mol. The third-order valence-electron chi connectivity index (χ3n) is 3.15. The van der Waals surface area contributed by atoms with Gasteiger partial charge in [-0.15, -0.1) is 0 Å². The zero-order chi connectivity index (χ0) is 12.5. The molecule has 0 atom stereocenters. The normalized spacial score (nSPS) is 14.5. The third-order valence-corrected chi connectivity index (χ3v) is 3.15. The van der Waals surface area contributed by atoms with E-state index >= 15 is 0 Å². The predicted molar refractivity (Wildman–Crippen MR) is 62.7 cm³/mol. The van der Waals surface area contributed by atoms with Crippen LogP contribution in [-0.2, 0) is 19.5 Å². The number of rotatable bonds is 2. The summed E-state index contributed by atoms with van der Waals surface area (Å²) in [6, 6.07) is 2.91. The van der Waals surface area contributed by atoms with Crippen molar-refractivity contribution in [2.24, 2.45) is 0 Å². The number of nitrogens with zero attached hydrogens (tertiary/aromatic N) is 4. The van der Waals surface area contributed by atoms with Crippen LogP contribution in [0.1, 0.15) is 24.2 Å². The molecule has 0 spiro atoms. The van der Waals surface area contributed by atoms with Crippen molar-refractivity contribution in [1.29, 1.82) is 0 Å². The Kier molecular flexibility index (Phi) is 2.70. The molecule has 0 bridgehead atoms. The molecule has 6 heteroatoms. The van der Waals surface area contributed by atoms with Crippen molar-refractivity contribution in [1.82, 2.24) is 19.3 Å². The molecule has 2 aromatic rings. The van der Waals surface area contributed by atoms with Gasteiger partial charge in [-0.05, 0) is 24.5 Å². The molecule has 0 radical (unpaired) electrons. The van der Waals surface area contributed by atoms with Gasteiger partial charge in [0, 0.05) is 19.2 Å². The Balaban J connectivity index is 1.91. The minimum Gasteiger partial charge on any atom is -0.279 e. The van der Waals surface area contributed by atoms with E-state index in [2.05, 4.69) is 10.1 Å². The van der Waals surface area contributed by atoms with Gasteiger partial charge < -0.3 is 0 Å². The second-order valence-corrected chi connectivity index (χ2v) is 4.45. The predicted octanol–water partition coefficient (Wildman–Crippen LogP) is 0.964. The molecular weight excluding hydrogens is 235 g/mol. The van der Waals surface area contributed by atoms with E-state index in [1.54, 1.807) is 10.6 Å². The van der Waals surface area contributed by atoms with Crippen molar-refractivity contribution >= 4 is 0 Å². The van der Waals surface area contributed by atoms with Crippen molar-refractivity contribution < 1.29 is 4.39 Å². The summed E-state index contributed by atoms with van der Waals surface area (Å²) >= 11 is 0. The largest absolute Gasteiger partial charge is 0.346 e. The van der Waals surface area contributed by atoms with Crippen molar-refractivity contribution in [2.75, 3.05) is 0 Å². The van der Waals surface area contributed by atoms with Gasteiger partial charge in [0.05, 0.1) is 6.54 Å². The van der Waals surface area contributed by atoms with Crippen LogP contribution in [0, 0.1) is 5.95 Å². The molecule has 0 N–H and O–H groups in total. The number of hydrogen-bond acceptors (Lipinski definition) is 3. The van der Waals surface area contributed by atoms with Crippen LogP contribution < -0.4 is 5.69 Å². The molecule has 0 saturated heterocycles. The Bertz CT molecular complexity index is 614. The van der Waals surface area contributed by atoms with Crippen molar-refractivity contribution in [2.45, 2.75) is 32.4 Å². The zero-order valence-corrected chi connectivity index (χ0v) is 9.84. The quantitative estimate of drug-likeness (QED) is 0.744. The van der Waals surface area contributed by atoms with Crippen LogP contribution in [0.4, 0.5) is 4.39 Å². The van der Waals surface area contributed by atoms with E-state index in [0.29, 0.717) is 6.54 Å². The summed E-state index contributed by atoms with van der Waals surface area (Å²) in [7, 11) is 0. The Morgan fingerprint density at radius 3 is 2.94 bits per heavy atom. The molecule has 2 aromatic heterocycles. The maximum absolute atomic E-state index is 12.7. The van der Waals surface area contributed by atoms with Gasteiger partial charge in [0.1, 0.15) is 5.82 Å². The lowest BCUT2D eigenvalue weighted by Crippen LogP contribution is -2.27. The molecule has 1 aliphatic rings. The summed E-state index contributed by atoms with van der Waals surface area (Å²) in [4.78, 5) is 15.6. The molecule has 0 unspecified atom stereocenters. The minimum atomic E-state index is -0.518. The molecule has 0 aliphatic carbocycles. The average Bonchev–Trinajstić information content (AvgIpc) is 2.70. The van der Waals surface area contributed by atoms with E-state index in [1.165, 1.54) is 16.9 Å². The van der Waals surface area contributed by atoms with Crippen LogP contribution in [0.15, 0.2) is 23.1 Å². The summed E-state index contributed by atoms with van der Waals surface area (Å²) in [6.07, 6.45) is 4.38. The number of fused-ring (bicyclic) bond motifs is 1. The number of hydrogen-bond donors (Lipinski definition) is 0. The highest BCUT2D eigenvalue weighted by Gasteiger charge is 2.16. The molecule has 0 saturated carbocycles. The second kappa shape index (κ2) is 4.36. The molecule has 94 valence electrons. The van der Waals surface area contributed by atoms with Crippen molar-refractivity contribution in [3.8, 4) is 0 Å². The van der Waals surface area contributed by atoms with Crippen LogP contribution in [-0.4, -0.2) is 19.3 Å². The maximum atomic E-state index is 12.7. The number of aromatic nitrogens is 4. The minimum absolute atomic E-state index is 0.0889. The highest BCUT2D eigenvalue weighted by atomic mass is 19.1. The van der Waals surface area contributed by atoms with Gasteiger partial charge in [-0.2, -0.15) is 9.49 Å². The van der Waals surface area contributed by atoms with Crippen LogP contribution in [0.3, 0.4) is 0 Å². The monoisotopic (exact) mass is 248 g/mol. The van der Waals surface area contributed by atoms with Crippen molar-refractivity contribution in [3.63, 3.8) is 0 Å². The third kappa shape index (κ3) is 1.94. The Hall–Kier alpha value is -1.98. The van der Waals surface area contributed by atoms with Crippen LogP contribution in [0.5, 0.6) is 0 Å². The Morgan fingerprint density at radius 1 is 1.33 bits per heavy atom. The van der Waals surface area contributed by atoms with Gasteiger partial charge in [-0.1, -0.05) is 6.07 Å². The van der Waals surface area contributed by atoms with Gasteiger partial charge in [-0.3, -0.25) is 4.57 Å². The molecule has 18 heavy (non-hydrogen) atoms. The van der Waals surface area contributed by atoms with Gasteiger partial charge >= 0.3 is 5.69 Å². The number of pyridine rings is 1. The van der Waals surface area contributed by atoms with E-state index in [1.807, 2.05) is 0 Å². The Morgan fingerprint density at radius 2 is 2.22 bits per heavy atom. The first-order valence-corrected chi connectivity index (χ1v) is 6.01. The van der Waals surface area contributed by atoms with Gasteiger partial charge in [0.25, 0.3) is 0 Å².